The standard InChI is InChI=1S/C14H26N4O/c1-11(2)17-14(4,13(15)19)8-5-6-10-18-12(3)7-9-16-18/h7,9,11,17H,5-6,8,10H2,1-4H3,(H2,15,19). The average molecular weight is 266 g/mol. The Balaban J connectivity index is 2.41. The maximum atomic E-state index is 11.6. The number of hydrogen-bond donors (Lipinski definition) is 2. The van der Waals surface area contributed by atoms with Gasteiger partial charge in [-0.1, -0.05) is 0 Å². The van der Waals surface area contributed by atoms with Gasteiger partial charge in [0.05, 0.1) is 5.54 Å². The summed E-state index contributed by atoms with van der Waals surface area (Å²) >= 11 is 0. The van der Waals surface area contributed by atoms with Crippen molar-refractivity contribution < 1.29 is 4.79 Å². The lowest BCUT2D eigenvalue weighted by Crippen LogP contribution is -2.55. The minimum atomic E-state index is -0.618. The number of carbonyl (C=O) groups excluding carboxylic acids is 1. The van der Waals surface area contributed by atoms with Crippen LogP contribution >= 0.6 is 0 Å². The van der Waals surface area contributed by atoms with Crippen molar-refractivity contribution in [1.29, 1.82) is 0 Å². The molecule has 1 atom stereocenters. The summed E-state index contributed by atoms with van der Waals surface area (Å²) in [6, 6.07) is 2.24. The summed E-state index contributed by atoms with van der Waals surface area (Å²) in [5.41, 5.74) is 6.05. The van der Waals surface area contributed by atoms with Crippen LogP contribution in [0.15, 0.2) is 12.3 Å². The number of aromatic nitrogens is 2. The van der Waals surface area contributed by atoms with Crippen LogP contribution in [-0.4, -0.2) is 27.3 Å². The van der Waals surface area contributed by atoms with E-state index in [-0.39, 0.29) is 11.9 Å². The summed E-state index contributed by atoms with van der Waals surface area (Å²) in [4.78, 5) is 11.6. The van der Waals surface area contributed by atoms with Gasteiger partial charge in [-0.05, 0) is 53.0 Å². The van der Waals surface area contributed by atoms with Crippen molar-refractivity contribution in [3.05, 3.63) is 18.0 Å². The topological polar surface area (TPSA) is 72.9 Å². The van der Waals surface area contributed by atoms with E-state index >= 15 is 0 Å². The van der Waals surface area contributed by atoms with Crippen molar-refractivity contribution in [3.63, 3.8) is 0 Å². The Morgan fingerprint density at radius 2 is 2.21 bits per heavy atom. The van der Waals surface area contributed by atoms with Crippen molar-refractivity contribution in [2.45, 2.75) is 65.1 Å². The first-order chi connectivity index (χ1) is 8.85. The zero-order valence-electron chi connectivity index (χ0n) is 12.4. The summed E-state index contributed by atoms with van der Waals surface area (Å²) in [6.45, 7) is 8.85. The van der Waals surface area contributed by atoms with Crippen LogP contribution in [0, 0.1) is 6.92 Å². The molecule has 19 heavy (non-hydrogen) atoms. The zero-order valence-corrected chi connectivity index (χ0v) is 12.4. The molecule has 0 aliphatic heterocycles. The van der Waals surface area contributed by atoms with E-state index in [2.05, 4.69) is 10.4 Å². The summed E-state index contributed by atoms with van der Waals surface area (Å²) in [6.07, 6.45) is 4.49. The van der Waals surface area contributed by atoms with E-state index in [0.717, 1.165) is 31.5 Å². The molecule has 0 aliphatic rings. The number of hydrogen-bond acceptors (Lipinski definition) is 3. The highest BCUT2D eigenvalue weighted by Gasteiger charge is 2.30. The molecule has 0 saturated heterocycles. The van der Waals surface area contributed by atoms with Gasteiger partial charge >= 0.3 is 0 Å². The molecule has 0 radical (unpaired) electrons. The molecule has 1 amide bonds. The van der Waals surface area contributed by atoms with Crippen LogP contribution in [0.25, 0.3) is 0 Å². The highest BCUT2D eigenvalue weighted by molar-refractivity contribution is 5.84. The maximum Gasteiger partial charge on any atom is 0.237 e. The molecule has 0 fully saturated rings. The van der Waals surface area contributed by atoms with Crippen molar-refractivity contribution in [2.24, 2.45) is 5.73 Å². The molecule has 1 heterocycles. The third kappa shape index (κ3) is 4.67. The number of primary amides is 1. The molecule has 1 rings (SSSR count). The molecule has 1 unspecified atom stereocenters. The van der Waals surface area contributed by atoms with Crippen LogP contribution < -0.4 is 11.1 Å². The summed E-state index contributed by atoms with van der Waals surface area (Å²) in [5.74, 6) is -0.281. The molecule has 3 N–H and O–H groups in total. The molecule has 1 aromatic rings. The molecule has 1 aromatic heterocycles. The lowest BCUT2D eigenvalue weighted by Gasteiger charge is -2.29. The fourth-order valence-electron chi connectivity index (χ4n) is 2.28. The van der Waals surface area contributed by atoms with Gasteiger partial charge in [0.1, 0.15) is 0 Å². The largest absolute Gasteiger partial charge is 0.368 e. The SMILES string of the molecule is Cc1ccnn1CCCCC(C)(NC(C)C)C(N)=O. The van der Waals surface area contributed by atoms with Crippen molar-refractivity contribution in [1.82, 2.24) is 15.1 Å². The Labute approximate surface area is 115 Å². The van der Waals surface area contributed by atoms with Gasteiger partial charge in [-0.15, -0.1) is 0 Å². The minimum absolute atomic E-state index is 0.242. The van der Waals surface area contributed by atoms with Gasteiger partial charge in [0, 0.05) is 24.5 Å². The predicted molar refractivity (Wildman–Crippen MR) is 76.7 cm³/mol. The lowest BCUT2D eigenvalue weighted by atomic mass is 9.93. The molecular weight excluding hydrogens is 240 g/mol. The van der Waals surface area contributed by atoms with Crippen molar-refractivity contribution in [2.75, 3.05) is 0 Å². The maximum absolute atomic E-state index is 11.6. The molecule has 0 aliphatic carbocycles. The first-order valence-electron chi connectivity index (χ1n) is 6.91. The van der Waals surface area contributed by atoms with Gasteiger partial charge in [-0.25, -0.2) is 0 Å². The number of carbonyl (C=O) groups is 1. The van der Waals surface area contributed by atoms with E-state index in [9.17, 15) is 4.79 Å². The fourth-order valence-corrected chi connectivity index (χ4v) is 2.28. The third-order valence-corrected chi connectivity index (χ3v) is 3.38. The quantitative estimate of drug-likeness (QED) is 0.702. The number of nitrogens with zero attached hydrogens (tertiary/aromatic N) is 2. The first kappa shape index (κ1) is 15.7. The Hall–Kier alpha value is -1.36. The van der Waals surface area contributed by atoms with E-state index in [1.165, 1.54) is 0 Å². The molecule has 5 nitrogen and oxygen atoms in total. The molecule has 5 heteroatoms. The number of nitrogens with one attached hydrogen (secondary N) is 1. The van der Waals surface area contributed by atoms with Gasteiger partial charge in [-0.3, -0.25) is 9.48 Å². The molecular formula is C14H26N4O. The monoisotopic (exact) mass is 266 g/mol. The first-order valence-corrected chi connectivity index (χ1v) is 6.91. The Bertz CT molecular complexity index is 413. The summed E-state index contributed by atoms with van der Waals surface area (Å²) in [7, 11) is 0. The van der Waals surface area contributed by atoms with Crippen LogP contribution in [0.4, 0.5) is 0 Å². The van der Waals surface area contributed by atoms with Crippen LogP contribution in [-0.2, 0) is 11.3 Å². The van der Waals surface area contributed by atoms with E-state index in [4.69, 9.17) is 5.73 Å². The van der Waals surface area contributed by atoms with Crippen LogP contribution in [0.2, 0.25) is 0 Å². The van der Waals surface area contributed by atoms with Crippen molar-refractivity contribution >= 4 is 5.91 Å². The van der Waals surface area contributed by atoms with Crippen LogP contribution in [0.5, 0.6) is 0 Å². The summed E-state index contributed by atoms with van der Waals surface area (Å²) < 4.78 is 1.98. The Morgan fingerprint density at radius 3 is 2.68 bits per heavy atom. The van der Waals surface area contributed by atoms with Gasteiger partial charge in [0.15, 0.2) is 0 Å². The van der Waals surface area contributed by atoms with Crippen molar-refractivity contribution in [3.8, 4) is 0 Å². The second-order valence-corrected chi connectivity index (χ2v) is 5.65. The number of aryl methyl sites for hydroxylation is 2. The van der Waals surface area contributed by atoms with Gasteiger partial charge in [0.25, 0.3) is 0 Å². The number of nitrogens with two attached hydrogens (primary N) is 1. The van der Waals surface area contributed by atoms with E-state index < -0.39 is 5.54 Å². The molecule has 0 saturated carbocycles. The second kappa shape index (κ2) is 6.70. The third-order valence-electron chi connectivity index (χ3n) is 3.38. The molecule has 108 valence electrons. The average Bonchev–Trinajstić information content (AvgIpc) is 2.69. The normalized spacial score (nSPS) is 14.6. The van der Waals surface area contributed by atoms with Crippen LogP contribution in [0.3, 0.4) is 0 Å². The summed E-state index contributed by atoms with van der Waals surface area (Å²) in [5, 5.41) is 7.51. The highest BCUT2D eigenvalue weighted by atomic mass is 16.1. The van der Waals surface area contributed by atoms with Gasteiger partial charge in [0.2, 0.25) is 5.91 Å². The number of amides is 1. The van der Waals surface area contributed by atoms with E-state index in [0.29, 0.717) is 0 Å². The lowest BCUT2D eigenvalue weighted by molar-refractivity contribution is -0.124. The molecule has 0 aromatic carbocycles. The van der Waals surface area contributed by atoms with E-state index in [1.54, 1.807) is 0 Å². The molecule has 0 spiro atoms. The smallest absolute Gasteiger partial charge is 0.237 e. The Morgan fingerprint density at radius 1 is 1.53 bits per heavy atom. The number of unbranched alkanes of at least 4 members (excludes halogenated alkanes) is 1. The van der Waals surface area contributed by atoms with Crippen LogP contribution in [0.1, 0.15) is 45.7 Å². The Kier molecular flexibility index (Phi) is 5.54. The fraction of sp³-hybridized carbons (Fsp3) is 0.714. The highest BCUT2D eigenvalue weighted by Crippen LogP contribution is 2.15. The van der Waals surface area contributed by atoms with E-state index in [1.807, 2.05) is 44.6 Å². The predicted octanol–water partition coefficient (Wildman–Crippen LogP) is 1.60. The number of rotatable bonds is 8. The second-order valence-electron chi connectivity index (χ2n) is 5.65. The molecule has 0 bridgehead atoms. The zero-order chi connectivity index (χ0) is 14.5. The van der Waals surface area contributed by atoms with Gasteiger partial charge < -0.3 is 11.1 Å². The minimum Gasteiger partial charge on any atom is -0.368 e. The van der Waals surface area contributed by atoms with Gasteiger partial charge in [-0.2, -0.15) is 5.10 Å².